The third-order valence-electron chi connectivity index (χ3n) is 1.38. The number of hydrogen-bond acceptors (Lipinski definition) is 6. The van der Waals surface area contributed by atoms with Gasteiger partial charge in [0.2, 0.25) is 14.2 Å². The fraction of sp³-hybridized carbons (Fsp3) is 0.333. The monoisotopic (exact) mass is 217 g/mol. The van der Waals surface area contributed by atoms with Gasteiger partial charge in [0, 0.05) is 0 Å². The van der Waals surface area contributed by atoms with Crippen LogP contribution in [0.1, 0.15) is 11.8 Å². The predicted molar refractivity (Wildman–Crippen MR) is 49.0 cm³/mol. The molecule has 0 fully saturated rings. The molecule has 0 unspecified atom stereocenters. The number of nitriles is 1. The molecule has 70 valence electrons. The Bertz CT molecular complexity index is 455. The van der Waals surface area contributed by atoms with E-state index in [1.165, 1.54) is 6.92 Å². The van der Waals surface area contributed by atoms with E-state index in [1.54, 1.807) is 6.07 Å². The van der Waals surface area contributed by atoms with E-state index in [1.807, 2.05) is 0 Å². The number of anilines is 1. The molecule has 0 bridgehead atoms. The fourth-order valence-electron chi connectivity index (χ4n) is 0.648. The van der Waals surface area contributed by atoms with E-state index in [2.05, 4.69) is 4.98 Å². The molecule has 1 aromatic rings. The molecule has 0 aliphatic heterocycles. The van der Waals surface area contributed by atoms with Gasteiger partial charge >= 0.3 is 0 Å². The summed E-state index contributed by atoms with van der Waals surface area (Å²) in [5, 5.41) is 8.52. The number of sulfone groups is 1. The van der Waals surface area contributed by atoms with Gasteiger partial charge in [-0.15, -0.1) is 0 Å². The van der Waals surface area contributed by atoms with Crippen LogP contribution in [0.25, 0.3) is 0 Å². The topological polar surface area (TPSA) is 96.8 Å². The molecule has 0 spiro atoms. The highest BCUT2D eigenvalue weighted by Crippen LogP contribution is 2.23. The van der Waals surface area contributed by atoms with Gasteiger partial charge in [0.1, 0.15) is 10.9 Å². The molecule has 1 aromatic heterocycles. The SMILES string of the molecule is CCS(=O)(=O)c1nc(N)c(C#N)s1. The van der Waals surface area contributed by atoms with Crippen molar-refractivity contribution in [2.24, 2.45) is 0 Å². The van der Waals surface area contributed by atoms with Gasteiger partial charge in [-0.1, -0.05) is 18.3 Å². The van der Waals surface area contributed by atoms with Crippen LogP contribution in [-0.2, 0) is 9.84 Å². The van der Waals surface area contributed by atoms with Crippen LogP contribution in [0, 0.1) is 11.3 Å². The second-order valence-electron chi connectivity index (χ2n) is 2.21. The summed E-state index contributed by atoms with van der Waals surface area (Å²) in [5.41, 5.74) is 5.32. The minimum absolute atomic E-state index is 0.0143. The summed E-state index contributed by atoms with van der Waals surface area (Å²) in [6.45, 7) is 1.51. The predicted octanol–water partition coefficient (Wildman–Crippen LogP) is 0.391. The molecule has 0 aliphatic carbocycles. The van der Waals surface area contributed by atoms with Crippen LogP contribution in [0.3, 0.4) is 0 Å². The normalized spacial score (nSPS) is 11.1. The van der Waals surface area contributed by atoms with Crippen molar-refractivity contribution >= 4 is 27.0 Å². The van der Waals surface area contributed by atoms with Crippen molar-refractivity contribution in [3.8, 4) is 6.07 Å². The van der Waals surface area contributed by atoms with Gasteiger partial charge in [-0.3, -0.25) is 0 Å². The summed E-state index contributed by atoms with van der Waals surface area (Å²) >= 11 is 0.806. The summed E-state index contributed by atoms with van der Waals surface area (Å²) in [4.78, 5) is 3.76. The maximum atomic E-state index is 11.3. The standard InChI is InChI=1S/C6H7N3O2S2/c1-2-13(10,11)6-9-5(8)4(3-7)12-6/h2,8H2,1H3. The van der Waals surface area contributed by atoms with Crippen LogP contribution in [0.5, 0.6) is 0 Å². The molecule has 0 radical (unpaired) electrons. The van der Waals surface area contributed by atoms with E-state index in [-0.39, 0.29) is 20.8 Å². The number of rotatable bonds is 2. The lowest BCUT2D eigenvalue weighted by Crippen LogP contribution is -2.03. The van der Waals surface area contributed by atoms with Crippen LogP contribution in [0.4, 0.5) is 5.82 Å². The molecule has 0 amide bonds. The lowest BCUT2D eigenvalue weighted by Gasteiger charge is -1.91. The number of hydrogen-bond donors (Lipinski definition) is 1. The van der Waals surface area contributed by atoms with Crippen LogP contribution in [0.15, 0.2) is 4.34 Å². The third kappa shape index (κ3) is 1.79. The Morgan fingerprint density at radius 3 is 2.69 bits per heavy atom. The highest BCUT2D eigenvalue weighted by Gasteiger charge is 2.19. The number of aromatic nitrogens is 1. The molecule has 0 atom stereocenters. The van der Waals surface area contributed by atoms with Crippen molar-refractivity contribution in [1.29, 1.82) is 5.26 Å². The molecule has 1 heterocycles. The average Bonchev–Trinajstić information content (AvgIpc) is 2.47. The average molecular weight is 217 g/mol. The van der Waals surface area contributed by atoms with Crippen LogP contribution in [-0.4, -0.2) is 19.2 Å². The van der Waals surface area contributed by atoms with Gasteiger partial charge in [0.15, 0.2) is 5.82 Å². The van der Waals surface area contributed by atoms with Crippen LogP contribution < -0.4 is 5.73 Å². The summed E-state index contributed by atoms with van der Waals surface area (Å²) < 4.78 is 22.5. The van der Waals surface area contributed by atoms with Crippen molar-refractivity contribution in [2.45, 2.75) is 11.3 Å². The highest BCUT2D eigenvalue weighted by molar-refractivity contribution is 7.93. The molecule has 0 aliphatic rings. The summed E-state index contributed by atoms with van der Waals surface area (Å²) in [6, 6.07) is 1.78. The first-order chi connectivity index (χ1) is 6.01. The van der Waals surface area contributed by atoms with E-state index in [4.69, 9.17) is 11.0 Å². The summed E-state index contributed by atoms with van der Waals surface area (Å²) in [7, 11) is -3.33. The molecule has 7 heteroatoms. The zero-order chi connectivity index (χ0) is 10.1. The number of nitrogens with two attached hydrogens (primary N) is 1. The van der Waals surface area contributed by atoms with Crippen LogP contribution >= 0.6 is 11.3 Å². The second kappa shape index (κ2) is 3.32. The van der Waals surface area contributed by atoms with Crippen molar-refractivity contribution in [3.05, 3.63) is 4.88 Å². The largest absolute Gasteiger partial charge is 0.382 e. The molecule has 13 heavy (non-hydrogen) atoms. The number of nitrogen functional groups attached to an aromatic ring is 1. The quantitative estimate of drug-likeness (QED) is 0.772. The Labute approximate surface area is 79.7 Å². The Balaban J connectivity index is 3.29. The number of nitrogens with zero attached hydrogens (tertiary/aromatic N) is 2. The number of thiazole rings is 1. The minimum atomic E-state index is -3.33. The van der Waals surface area contributed by atoms with Gasteiger partial charge in [-0.25, -0.2) is 13.4 Å². The summed E-state index contributed by atoms with van der Waals surface area (Å²) in [6.07, 6.45) is 0. The maximum Gasteiger partial charge on any atom is 0.212 e. The molecule has 0 saturated heterocycles. The Kier molecular flexibility index (Phi) is 2.54. The van der Waals surface area contributed by atoms with Crippen molar-refractivity contribution < 1.29 is 8.42 Å². The van der Waals surface area contributed by atoms with Gasteiger partial charge in [0.05, 0.1) is 5.75 Å². The zero-order valence-corrected chi connectivity index (χ0v) is 8.44. The smallest absolute Gasteiger partial charge is 0.212 e. The van der Waals surface area contributed by atoms with Crippen LogP contribution in [0.2, 0.25) is 0 Å². The molecule has 0 saturated carbocycles. The van der Waals surface area contributed by atoms with Crippen molar-refractivity contribution in [2.75, 3.05) is 11.5 Å². The Hall–Kier alpha value is -1.13. The first-order valence-electron chi connectivity index (χ1n) is 3.40. The van der Waals surface area contributed by atoms with E-state index >= 15 is 0 Å². The zero-order valence-electron chi connectivity index (χ0n) is 6.81. The van der Waals surface area contributed by atoms with Gasteiger partial charge in [0.25, 0.3) is 0 Å². The third-order valence-corrected chi connectivity index (χ3v) is 4.55. The maximum absolute atomic E-state index is 11.3. The first-order valence-corrected chi connectivity index (χ1v) is 5.87. The fourth-order valence-corrected chi connectivity index (χ4v) is 2.76. The molecule has 5 nitrogen and oxygen atoms in total. The summed E-state index contributed by atoms with van der Waals surface area (Å²) in [5.74, 6) is -0.0512. The lowest BCUT2D eigenvalue weighted by molar-refractivity contribution is 0.596. The first kappa shape index (κ1) is 9.95. The molecular formula is C6H7N3O2S2. The van der Waals surface area contributed by atoms with Gasteiger partial charge in [-0.05, 0) is 0 Å². The minimum Gasteiger partial charge on any atom is -0.382 e. The second-order valence-corrected chi connectivity index (χ2v) is 5.66. The molecule has 0 aromatic carbocycles. The van der Waals surface area contributed by atoms with Gasteiger partial charge < -0.3 is 5.73 Å². The molecular weight excluding hydrogens is 210 g/mol. The van der Waals surface area contributed by atoms with E-state index in [0.717, 1.165) is 11.3 Å². The molecule has 2 N–H and O–H groups in total. The highest BCUT2D eigenvalue weighted by atomic mass is 32.2. The Morgan fingerprint density at radius 2 is 2.31 bits per heavy atom. The van der Waals surface area contributed by atoms with E-state index in [0.29, 0.717) is 0 Å². The van der Waals surface area contributed by atoms with E-state index in [9.17, 15) is 8.42 Å². The van der Waals surface area contributed by atoms with E-state index < -0.39 is 9.84 Å². The molecule has 1 rings (SSSR count). The van der Waals surface area contributed by atoms with Crippen molar-refractivity contribution in [3.63, 3.8) is 0 Å². The van der Waals surface area contributed by atoms with Crippen molar-refractivity contribution in [1.82, 2.24) is 4.98 Å². The Morgan fingerprint density at radius 1 is 1.69 bits per heavy atom. The lowest BCUT2D eigenvalue weighted by atomic mass is 10.6. The van der Waals surface area contributed by atoms with Gasteiger partial charge in [-0.2, -0.15) is 5.26 Å².